The summed E-state index contributed by atoms with van der Waals surface area (Å²) in [5.74, 6) is -0.793. The summed E-state index contributed by atoms with van der Waals surface area (Å²) >= 11 is 3.50. The lowest BCUT2D eigenvalue weighted by molar-refractivity contribution is 0.0691. The summed E-state index contributed by atoms with van der Waals surface area (Å²) < 4.78 is 8.24. The molecule has 0 atom stereocenters. The van der Waals surface area contributed by atoms with Gasteiger partial charge >= 0.3 is 5.97 Å². The summed E-state index contributed by atoms with van der Waals surface area (Å²) in [5, 5.41) is 13.5. The maximum atomic E-state index is 11.2. The van der Waals surface area contributed by atoms with Crippen molar-refractivity contribution in [1.82, 2.24) is 9.78 Å². The molecule has 0 saturated heterocycles. The molecule has 2 aromatic rings. The summed E-state index contributed by atoms with van der Waals surface area (Å²) in [6.45, 7) is 2.23. The van der Waals surface area contributed by atoms with Gasteiger partial charge < -0.3 is 15.6 Å². The molecule has 0 aliphatic heterocycles. The van der Waals surface area contributed by atoms with Gasteiger partial charge in [-0.2, -0.15) is 5.10 Å². The van der Waals surface area contributed by atoms with E-state index in [0.29, 0.717) is 5.69 Å². The fourth-order valence-electron chi connectivity index (χ4n) is 1.96. The maximum absolute atomic E-state index is 11.2. The molecule has 112 valence electrons. The summed E-state index contributed by atoms with van der Waals surface area (Å²) in [4.78, 5) is 11.2. The van der Waals surface area contributed by atoms with Gasteiger partial charge in [-0.1, -0.05) is 6.92 Å². The Morgan fingerprint density at radius 2 is 2.24 bits per heavy atom. The van der Waals surface area contributed by atoms with Gasteiger partial charge in [-0.15, -0.1) is 0 Å². The number of aromatic carboxylic acids is 1. The van der Waals surface area contributed by atoms with E-state index in [1.54, 1.807) is 16.8 Å². The number of nitrogen functional groups attached to an aromatic ring is 1. The molecule has 0 radical (unpaired) electrons. The highest BCUT2D eigenvalue weighted by molar-refractivity contribution is 9.10. The second-order valence-corrected chi connectivity index (χ2v) is 5.33. The van der Waals surface area contributed by atoms with E-state index >= 15 is 0 Å². The highest BCUT2D eigenvalue weighted by atomic mass is 79.9. The van der Waals surface area contributed by atoms with Crippen molar-refractivity contribution in [3.05, 3.63) is 39.6 Å². The molecular weight excluding hydrogens is 338 g/mol. The molecule has 1 aromatic heterocycles. The van der Waals surface area contributed by atoms with Gasteiger partial charge in [0, 0.05) is 12.7 Å². The summed E-state index contributed by atoms with van der Waals surface area (Å²) in [7, 11) is 1.82. The Hall–Kier alpha value is -2.02. The van der Waals surface area contributed by atoms with Crippen LogP contribution in [0.4, 0.5) is 5.69 Å². The van der Waals surface area contributed by atoms with Gasteiger partial charge in [-0.05, 0) is 40.5 Å². The molecule has 0 amide bonds. The zero-order valence-corrected chi connectivity index (χ0v) is 13.3. The molecule has 0 spiro atoms. The fraction of sp³-hybridized carbons (Fsp3) is 0.286. The van der Waals surface area contributed by atoms with Crippen LogP contribution < -0.4 is 10.5 Å². The molecular formula is C14H16BrN3O3. The predicted octanol–water partition coefficient (Wildman–Crippen LogP) is 2.60. The van der Waals surface area contributed by atoms with E-state index in [2.05, 4.69) is 21.0 Å². The van der Waals surface area contributed by atoms with Crippen LogP contribution in [0.2, 0.25) is 0 Å². The lowest BCUT2D eigenvalue weighted by Crippen LogP contribution is -2.07. The summed E-state index contributed by atoms with van der Waals surface area (Å²) in [6, 6.07) is 4.55. The van der Waals surface area contributed by atoms with Crippen molar-refractivity contribution >= 4 is 27.6 Å². The number of ether oxygens (including phenoxy) is 1. The van der Waals surface area contributed by atoms with E-state index in [1.165, 1.54) is 6.07 Å². The number of nitrogens with two attached hydrogens (primary N) is 1. The smallest absolute Gasteiger partial charge is 0.339 e. The zero-order chi connectivity index (χ0) is 15.6. The molecule has 3 N–H and O–H groups in total. The molecule has 2 rings (SSSR count). The first kappa shape index (κ1) is 15.4. The van der Waals surface area contributed by atoms with Gasteiger partial charge in [0.1, 0.15) is 17.9 Å². The first-order chi connectivity index (χ1) is 9.93. The number of nitrogens with zero attached hydrogens (tertiary/aromatic N) is 2. The molecule has 0 unspecified atom stereocenters. The van der Waals surface area contributed by atoms with Crippen LogP contribution in [0.1, 0.15) is 28.7 Å². The van der Waals surface area contributed by atoms with Gasteiger partial charge in [0.05, 0.1) is 15.9 Å². The van der Waals surface area contributed by atoms with E-state index in [0.717, 1.165) is 22.3 Å². The largest absolute Gasteiger partial charge is 0.486 e. The molecule has 1 aromatic carbocycles. The van der Waals surface area contributed by atoms with Crippen molar-refractivity contribution in [3.63, 3.8) is 0 Å². The van der Waals surface area contributed by atoms with Gasteiger partial charge in [-0.25, -0.2) is 4.79 Å². The molecule has 7 heteroatoms. The van der Waals surface area contributed by atoms with Gasteiger partial charge in [0.2, 0.25) is 0 Å². The average molecular weight is 354 g/mol. The van der Waals surface area contributed by atoms with Gasteiger partial charge in [0.25, 0.3) is 0 Å². The minimum atomic E-state index is -1.07. The normalized spacial score (nSPS) is 10.6. The number of carbonyl (C=O) groups is 1. The standard InChI is InChI=1S/C14H16BrN3O3/c1-3-10-13(15)11(18(2)17-10)7-21-12-5-4-8(16)6-9(12)14(19)20/h4-6H,3,7,16H2,1-2H3,(H,19,20). The van der Waals surface area contributed by atoms with Crippen molar-refractivity contribution in [2.45, 2.75) is 20.0 Å². The average Bonchev–Trinajstić information content (AvgIpc) is 2.72. The number of anilines is 1. The van der Waals surface area contributed by atoms with Crippen molar-refractivity contribution in [2.24, 2.45) is 7.05 Å². The van der Waals surface area contributed by atoms with Gasteiger partial charge in [0.15, 0.2) is 0 Å². The summed E-state index contributed by atoms with van der Waals surface area (Å²) in [5.41, 5.74) is 7.82. The lowest BCUT2D eigenvalue weighted by atomic mass is 10.2. The highest BCUT2D eigenvalue weighted by Crippen LogP contribution is 2.26. The molecule has 0 aliphatic carbocycles. The molecule has 0 saturated carbocycles. The second kappa shape index (κ2) is 6.17. The van der Waals surface area contributed by atoms with Gasteiger partial charge in [-0.3, -0.25) is 4.68 Å². The van der Waals surface area contributed by atoms with Crippen molar-refractivity contribution in [1.29, 1.82) is 0 Å². The second-order valence-electron chi connectivity index (χ2n) is 4.53. The van der Waals surface area contributed by atoms with Crippen LogP contribution in [0, 0.1) is 0 Å². The number of rotatable bonds is 5. The number of halogens is 1. The fourth-order valence-corrected chi connectivity index (χ4v) is 2.69. The number of aryl methyl sites for hydroxylation is 2. The molecule has 0 fully saturated rings. The van der Waals surface area contributed by atoms with E-state index in [1.807, 2.05) is 14.0 Å². The molecule has 6 nitrogen and oxygen atoms in total. The van der Waals surface area contributed by atoms with Crippen LogP contribution in [-0.4, -0.2) is 20.9 Å². The Labute approximate surface area is 130 Å². The quantitative estimate of drug-likeness (QED) is 0.806. The number of benzene rings is 1. The van der Waals surface area contributed by atoms with Crippen LogP contribution in [-0.2, 0) is 20.1 Å². The third kappa shape index (κ3) is 3.18. The van der Waals surface area contributed by atoms with Crippen LogP contribution in [0.5, 0.6) is 5.75 Å². The van der Waals surface area contributed by atoms with Crippen LogP contribution in [0.15, 0.2) is 22.7 Å². The number of carboxylic acids is 1. The Bertz CT molecular complexity index is 682. The third-order valence-corrected chi connectivity index (χ3v) is 4.02. The Morgan fingerprint density at radius 1 is 1.52 bits per heavy atom. The van der Waals surface area contributed by atoms with Crippen LogP contribution >= 0.6 is 15.9 Å². The molecule has 0 aliphatic rings. The Morgan fingerprint density at radius 3 is 2.81 bits per heavy atom. The van der Waals surface area contributed by atoms with E-state index in [4.69, 9.17) is 10.5 Å². The zero-order valence-electron chi connectivity index (χ0n) is 11.8. The first-order valence-electron chi connectivity index (χ1n) is 6.39. The lowest BCUT2D eigenvalue weighted by Gasteiger charge is -2.10. The minimum Gasteiger partial charge on any atom is -0.486 e. The number of hydrogen-bond donors (Lipinski definition) is 2. The number of carboxylic acid groups (broad SMARTS) is 1. The number of aromatic nitrogens is 2. The molecule has 1 heterocycles. The van der Waals surface area contributed by atoms with E-state index in [-0.39, 0.29) is 17.9 Å². The Balaban J connectivity index is 2.25. The van der Waals surface area contributed by atoms with Crippen molar-refractivity contribution in [2.75, 3.05) is 5.73 Å². The SMILES string of the molecule is CCc1nn(C)c(COc2ccc(N)cc2C(=O)O)c1Br. The summed E-state index contributed by atoms with van der Waals surface area (Å²) in [6.07, 6.45) is 0.802. The minimum absolute atomic E-state index is 0.0454. The molecule has 21 heavy (non-hydrogen) atoms. The van der Waals surface area contributed by atoms with E-state index in [9.17, 15) is 9.90 Å². The molecule has 0 bridgehead atoms. The number of hydrogen-bond acceptors (Lipinski definition) is 4. The predicted molar refractivity (Wildman–Crippen MR) is 82.4 cm³/mol. The van der Waals surface area contributed by atoms with Crippen LogP contribution in [0.3, 0.4) is 0 Å². The monoisotopic (exact) mass is 353 g/mol. The topological polar surface area (TPSA) is 90.4 Å². The Kier molecular flexibility index (Phi) is 4.52. The van der Waals surface area contributed by atoms with Crippen LogP contribution in [0.25, 0.3) is 0 Å². The van der Waals surface area contributed by atoms with E-state index < -0.39 is 5.97 Å². The third-order valence-electron chi connectivity index (χ3n) is 3.10. The highest BCUT2D eigenvalue weighted by Gasteiger charge is 2.16. The van der Waals surface area contributed by atoms with Crippen molar-refractivity contribution < 1.29 is 14.6 Å². The van der Waals surface area contributed by atoms with Crippen molar-refractivity contribution in [3.8, 4) is 5.75 Å². The maximum Gasteiger partial charge on any atom is 0.339 e. The first-order valence-corrected chi connectivity index (χ1v) is 7.19.